The number of rotatable bonds is 3. The number of carboxylic acid groups (broad SMARTS) is 1. The Morgan fingerprint density at radius 1 is 1.36 bits per heavy atom. The highest BCUT2D eigenvalue weighted by atomic mass is 19.4. The van der Waals surface area contributed by atoms with Crippen molar-refractivity contribution in [1.29, 1.82) is 0 Å². The van der Waals surface area contributed by atoms with Crippen LogP contribution in [-0.4, -0.2) is 59.0 Å². The highest BCUT2D eigenvalue weighted by Crippen LogP contribution is 2.31. The molecule has 1 aliphatic rings. The van der Waals surface area contributed by atoms with Gasteiger partial charge in [0.1, 0.15) is 11.4 Å². The molecule has 1 fully saturated rings. The molecule has 1 atom stereocenters. The van der Waals surface area contributed by atoms with Crippen molar-refractivity contribution in [1.82, 2.24) is 9.88 Å². The molecule has 1 aromatic heterocycles. The second-order valence-corrected chi connectivity index (χ2v) is 5.38. The predicted octanol–water partition coefficient (Wildman–Crippen LogP) is 1.99. The van der Waals surface area contributed by atoms with E-state index in [9.17, 15) is 27.9 Å². The van der Waals surface area contributed by atoms with Crippen LogP contribution in [0.3, 0.4) is 0 Å². The van der Waals surface area contributed by atoms with E-state index < -0.39 is 30.0 Å². The Morgan fingerprint density at radius 2 is 2.12 bits per heavy atom. The van der Waals surface area contributed by atoms with E-state index in [1.165, 1.54) is 18.2 Å². The number of carboxylic acids is 1. The van der Waals surface area contributed by atoms with Crippen LogP contribution in [-0.2, 0) is 9.53 Å². The summed E-state index contributed by atoms with van der Waals surface area (Å²) < 4.78 is 46.5. The number of carbonyl (C=O) groups excluding carboxylic acids is 1. The Labute approximate surface area is 138 Å². The maximum Gasteiger partial charge on any atom is 0.573 e. The number of ether oxygens (including phenoxy) is 2. The minimum absolute atomic E-state index is 0.0265. The number of hydrogen-bond acceptors (Lipinski definition) is 4. The first kappa shape index (κ1) is 17.1. The second-order valence-electron chi connectivity index (χ2n) is 5.38. The predicted molar refractivity (Wildman–Crippen MR) is 78.3 cm³/mol. The number of aromatic amines is 1. The number of hydrogen-bond donors (Lipinski definition) is 2. The number of benzene rings is 1. The second kappa shape index (κ2) is 6.28. The maximum atomic E-state index is 12.6. The van der Waals surface area contributed by atoms with Gasteiger partial charge in [-0.3, -0.25) is 4.79 Å². The Bertz CT molecular complexity index is 817. The maximum absolute atomic E-state index is 12.6. The zero-order chi connectivity index (χ0) is 18.2. The number of nitrogens with zero attached hydrogens (tertiary/aromatic N) is 1. The van der Waals surface area contributed by atoms with E-state index in [-0.39, 0.29) is 36.4 Å². The fourth-order valence-electron chi connectivity index (χ4n) is 2.66. The summed E-state index contributed by atoms with van der Waals surface area (Å²) in [6.07, 6.45) is -4.87. The van der Waals surface area contributed by atoms with Crippen molar-refractivity contribution >= 4 is 22.8 Å². The molecule has 2 heterocycles. The van der Waals surface area contributed by atoms with Gasteiger partial charge < -0.3 is 24.5 Å². The van der Waals surface area contributed by atoms with E-state index in [0.717, 1.165) is 11.0 Å². The summed E-state index contributed by atoms with van der Waals surface area (Å²) in [5.41, 5.74) is 0.242. The molecular formula is C15H13F3N2O5. The molecule has 0 spiro atoms. The van der Waals surface area contributed by atoms with Crippen LogP contribution in [0.1, 0.15) is 10.5 Å². The van der Waals surface area contributed by atoms with Crippen molar-refractivity contribution in [3.63, 3.8) is 0 Å². The highest BCUT2D eigenvalue weighted by Gasteiger charge is 2.35. The van der Waals surface area contributed by atoms with Crippen LogP contribution < -0.4 is 4.74 Å². The van der Waals surface area contributed by atoms with E-state index in [1.54, 1.807) is 0 Å². The third kappa shape index (κ3) is 3.53. The minimum Gasteiger partial charge on any atom is -0.480 e. The number of H-pyrrole nitrogens is 1. The van der Waals surface area contributed by atoms with Crippen molar-refractivity contribution in [3.05, 3.63) is 30.0 Å². The third-order valence-electron chi connectivity index (χ3n) is 3.75. The number of morpholine rings is 1. The largest absolute Gasteiger partial charge is 0.573 e. The summed E-state index contributed by atoms with van der Waals surface area (Å²) in [5.74, 6) is -2.30. The Hall–Kier alpha value is -2.75. The average molecular weight is 358 g/mol. The Morgan fingerprint density at radius 3 is 2.80 bits per heavy atom. The Balaban J connectivity index is 1.94. The highest BCUT2D eigenvalue weighted by molar-refractivity contribution is 6.01. The number of nitrogens with one attached hydrogen (secondary N) is 1. The average Bonchev–Trinajstić information content (AvgIpc) is 2.98. The molecule has 25 heavy (non-hydrogen) atoms. The van der Waals surface area contributed by atoms with Crippen LogP contribution in [0.5, 0.6) is 5.75 Å². The van der Waals surface area contributed by atoms with Crippen LogP contribution >= 0.6 is 0 Å². The molecule has 1 aromatic carbocycles. The summed E-state index contributed by atoms with van der Waals surface area (Å²) in [5, 5.41) is 9.26. The van der Waals surface area contributed by atoms with Gasteiger partial charge in [-0.2, -0.15) is 0 Å². The van der Waals surface area contributed by atoms with Gasteiger partial charge in [-0.15, -0.1) is 13.2 Å². The monoisotopic (exact) mass is 358 g/mol. The van der Waals surface area contributed by atoms with Gasteiger partial charge in [0.05, 0.1) is 13.2 Å². The van der Waals surface area contributed by atoms with Crippen molar-refractivity contribution in [2.45, 2.75) is 12.4 Å². The van der Waals surface area contributed by atoms with Crippen molar-refractivity contribution in [2.75, 3.05) is 19.8 Å². The van der Waals surface area contributed by atoms with Gasteiger partial charge in [-0.1, -0.05) is 6.07 Å². The van der Waals surface area contributed by atoms with Gasteiger partial charge in [0, 0.05) is 17.4 Å². The number of aromatic nitrogens is 1. The van der Waals surface area contributed by atoms with Gasteiger partial charge in [0.15, 0.2) is 6.04 Å². The molecule has 1 amide bonds. The zero-order valence-corrected chi connectivity index (χ0v) is 12.7. The number of amides is 1. The van der Waals surface area contributed by atoms with Gasteiger partial charge in [-0.05, 0) is 18.2 Å². The first-order valence-corrected chi connectivity index (χ1v) is 7.25. The lowest BCUT2D eigenvalue weighted by Gasteiger charge is -2.32. The van der Waals surface area contributed by atoms with Crippen LogP contribution in [0, 0.1) is 0 Å². The molecular weight excluding hydrogens is 345 g/mol. The number of carbonyl (C=O) groups is 2. The van der Waals surface area contributed by atoms with Crippen LogP contribution in [0.2, 0.25) is 0 Å². The van der Waals surface area contributed by atoms with E-state index in [1.807, 2.05) is 0 Å². The van der Waals surface area contributed by atoms with E-state index in [4.69, 9.17) is 4.74 Å². The third-order valence-corrected chi connectivity index (χ3v) is 3.75. The molecule has 0 saturated carbocycles. The smallest absolute Gasteiger partial charge is 0.480 e. The van der Waals surface area contributed by atoms with Crippen molar-refractivity contribution < 1.29 is 37.3 Å². The Kier molecular flexibility index (Phi) is 4.29. The molecule has 0 radical (unpaired) electrons. The number of fused-ring (bicyclic) bond motifs is 1. The fraction of sp³-hybridized carbons (Fsp3) is 0.333. The zero-order valence-electron chi connectivity index (χ0n) is 12.7. The molecule has 1 aliphatic heterocycles. The lowest BCUT2D eigenvalue weighted by molar-refractivity contribution is -0.274. The molecule has 0 unspecified atom stereocenters. The molecule has 10 heteroatoms. The molecule has 1 saturated heterocycles. The summed E-state index contributed by atoms with van der Waals surface area (Å²) in [6, 6.07) is 4.03. The number of alkyl halides is 3. The van der Waals surface area contributed by atoms with Crippen LogP contribution in [0.4, 0.5) is 13.2 Å². The molecule has 2 aromatic rings. The first-order valence-electron chi connectivity index (χ1n) is 7.25. The quantitative estimate of drug-likeness (QED) is 0.876. The SMILES string of the molecule is O=C(O)[C@H]1COCCN1C(=O)c1cc2c(OC(F)(F)F)cccc2[nH]1. The normalized spacial score (nSPS) is 18.4. The first-order chi connectivity index (χ1) is 11.8. The summed E-state index contributed by atoms with van der Waals surface area (Å²) in [4.78, 5) is 27.7. The van der Waals surface area contributed by atoms with Crippen molar-refractivity contribution in [3.8, 4) is 5.75 Å². The molecule has 3 rings (SSSR count). The lowest BCUT2D eigenvalue weighted by atomic mass is 10.2. The minimum atomic E-state index is -4.87. The molecule has 134 valence electrons. The van der Waals surface area contributed by atoms with Gasteiger partial charge in [-0.25, -0.2) is 4.79 Å². The number of aliphatic carboxylic acids is 1. The molecule has 0 bridgehead atoms. The van der Waals surface area contributed by atoms with Crippen LogP contribution in [0.15, 0.2) is 24.3 Å². The van der Waals surface area contributed by atoms with Gasteiger partial charge >= 0.3 is 12.3 Å². The van der Waals surface area contributed by atoms with E-state index in [2.05, 4.69) is 9.72 Å². The number of halogens is 3. The standard InChI is InChI=1S/C15H13F3N2O5/c16-15(17,18)25-12-3-1-2-9-8(12)6-10(19-9)13(21)20-4-5-24-7-11(20)14(22)23/h1-3,6,11,19H,4-5,7H2,(H,22,23)/t11-/m1/s1. The van der Waals surface area contributed by atoms with Crippen LogP contribution in [0.25, 0.3) is 10.9 Å². The summed E-state index contributed by atoms with van der Waals surface area (Å²) in [7, 11) is 0. The van der Waals surface area contributed by atoms with E-state index >= 15 is 0 Å². The van der Waals surface area contributed by atoms with Crippen molar-refractivity contribution in [2.24, 2.45) is 0 Å². The fourth-order valence-corrected chi connectivity index (χ4v) is 2.66. The molecule has 0 aliphatic carbocycles. The lowest BCUT2D eigenvalue weighted by Crippen LogP contribution is -2.52. The molecule has 7 nitrogen and oxygen atoms in total. The van der Waals surface area contributed by atoms with E-state index in [0.29, 0.717) is 0 Å². The summed E-state index contributed by atoms with van der Waals surface area (Å²) in [6.45, 7) is 0.0962. The topological polar surface area (TPSA) is 91.9 Å². The summed E-state index contributed by atoms with van der Waals surface area (Å²) >= 11 is 0. The van der Waals surface area contributed by atoms with Gasteiger partial charge in [0.25, 0.3) is 5.91 Å². The molecule has 2 N–H and O–H groups in total. The van der Waals surface area contributed by atoms with Gasteiger partial charge in [0.2, 0.25) is 0 Å².